The molecule has 5 rings (SSSR count). The standard InChI is InChI=1S/C16H22N6O.C9H9N/c17-21-15-12-16(22-8-10-23-11-9-22)20-14(19-15)6-3-5-13-4-1-2-7-18-13;1-7-6-10-9-5-3-2-4-8(7)9/h1-2,4,7,12H,3,5-6,8-11,17H2,(H,19,20,21);2-6,10H,1H3. The molecule has 1 aromatic carbocycles. The number of hydrogen-bond acceptors (Lipinski definition) is 7. The van der Waals surface area contributed by atoms with E-state index in [4.69, 9.17) is 10.6 Å². The Bertz CT molecular complexity index is 1140. The Hall–Kier alpha value is -3.49. The number of anilines is 2. The lowest BCUT2D eigenvalue weighted by atomic mass is 10.1. The number of aryl methyl sites for hydroxylation is 3. The molecule has 8 nitrogen and oxygen atoms in total. The van der Waals surface area contributed by atoms with E-state index in [-0.39, 0.29) is 0 Å². The lowest BCUT2D eigenvalue weighted by Crippen LogP contribution is -2.37. The average molecular weight is 446 g/mol. The zero-order chi connectivity index (χ0) is 22.9. The molecule has 0 saturated carbocycles. The van der Waals surface area contributed by atoms with Crippen molar-refractivity contribution in [1.82, 2.24) is 19.9 Å². The van der Waals surface area contributed by atoms with Gasteiger partial charge in [0.1, 0.15) is 17.5 Å². The van der Waals surface area contributed by atoms with E-state index in [0.29, 0.717) is 5.82 Å². The summed E-state index contributed by atoms with van der Waals surface area (Å²) in [5.74, 6) is 7.90. The second kappa shape index (κ2) is 11.4. The minimum Gasteiger partial charge on any atom is -0.378 e. The molecule has 33 heavy (non-hydrogen) atoms. The molecule has 0 amide bonds. The van der Waals surface area contributed by atoms with Crippen molar-refractivity contribution in [2.75, 3.05) is 36.6 Å². The number of nitrogens with zero attached hydrogens (tertiary/aromatic N) is 4. The van der Waals surface area contributed by atoms with Crippen LogP contribution in [-0.2, 0) is 17.6 Å². The van der Waals surface area contributed by atoms with Crippen LogP contribution in [-0.4, -0.2) is 46.2 Å². The van der Waals surface area contributed by atoms with E-state index in [2.05, 4.69) is 55.4 Å². The third kappa shape index (κ3) is 6.27. The fourth-order valence-electron chi connectivity index (χ4n) is 3.81. The first-order valence-corrected chi connectivity index (χ1v) is 11.3. The lowest BCUT2D eigenvalue weighted by Gasteiger charge is -2.28. The molecule has 0 aliphatic carbocycles. The Morgan fingerprint density at radius 2 is 1.88 bits per heavy atom. The van der Waals surface area contributed by atoms with Crippen LogP contribution in [0.1, 0.15) is 23.5 Å². The van der Waals surface area contributed by atoms with Gasteiger partial charge in [-0.15, -0.1) is 0 Å². The number of morpholine rings is 1. The molecule has 0 radical (unpaired) electrons. The number of nitrogens with one attached hydrogen (secondary N) is 2. The maximum atomic E-state index is 5.54. The number of nitrogen functional groups attached to an aromatic ring is 1. The van der Waals surface area contributed by atoms with E-state index in [9.17, 15) is 0 Å². The molecule has 0 bridgehead atoms. The van der Waals surface area contributed by atoms with Crippen LogP contribution in [0.2, 0.25) is 0 Å². The van der Waals surface area contributed by atoms with Gasteiger partial charge in [0.25, 0.3) is 0 Å². The first-order chi connectivity index (χ1) is 16.2. The van der Waals surface area contributed by atoms with Crippen molar-refractivity contribution < 1.29 is 4.74 Å². The summed E-state index contributed by atoms with van der Waals surface area (Å²) < 4.78 is 5.39. The van der Waals surface area contributed by atoms with Crippen molar-refractivity contribution in [2.45, 2.75) is 26.2 Å². The molecule has 0 spiro atoms. The van der Waals surface area contributed by atoms with Crippen molar-refractivity contribution in [3.63, 3.8) is 0 Å². The van der Waals surface area contributed by atoms with Gasteiger partial charge in [-0.3, -0.25) is 4.98 Å². The molecule has 1 saturated heterocycles. The van der Waals surface area contributed by atoms with Crippen LogP contribution < -0.4 is 16.2 Å². The summed E-state index contributed by atoms with van der Waals surface area (Å²) in [5, 5.41) is 1.32. The number of hydrazine groups is 1. The minimum absolute atomic E-state index is 0.648. The molecule has 1 fully saturated rings. The molecule has 4 N–H and O–H groups in total. The quantitative estimate of drug-likeness (QED) is 0.307. The predicted octanol–water partition coefficient (Wildman–Crippen LogP) is 3.65. The zero-order valence-corrected chi connectivity index (χ0v) is 19.0. The number of para-hydroxylation sites is 1. The Balaban J connectivity index is 0.000000214. The topological polar surface area (TPSA) is 105 Å². The number of nitrogens with two attached hydrogens (primary N) is 1. The molecule has 4 heterocycles. The minimum atomic E-state index is 0.648. The SMILES string of the molecule is Cc1c[nH]c2ccccc12.NNc1cc(N2CCOCC2)nc(CCCc2ccccn2)n1. The molecule has 4 aromatic rings. The van der Waals surface area contributed by atoms with Gasteiger partial charge in [-0.25, -0.2) is 15.8 Å². The molecule has 1 aliphatic rings. The second-order valence-electron chi connectivity index (χ2n) is 7.96. The molecule has 3 aromatic heterocycles. The molecule has 0 unspecified atom stereocenters. The Morgan fingerprint density at radius 3 is 2.64 bits per heavy atom. The van der Waals surface area contributed by atoms with Crippen molar-refractivity contribution >= 4 is 22.5 Å². The Kier molecular flexibility index (Phi) is 7.84. The number of rotatable bonds is 6. The van der Waals surface area contributed by atoms with Gasteiger partial charge < -0.3 is 20.0 Å². The van der Waals surface area contributed by atoms with E-state index >= 15 is 0 Å². The van der Waals surface area contributed by atoms with Gasteiger partial charge in [-0.05, 0) is 43.5 Å². The smallest absolute Gasteiger partial charge is 0.145 e. The summed E-state index contributed by atoms with van der Waals surface area (Å²) >= 11 is 0. The highest BCUT2D eigenvalue weighted by molar-refractivity contribution is 5.82. The molecule has 8 heteroatoms. The van der Waals surface area contributed by atoms with Gasteiger partial charge in [0.05, 0.1) is 13.2 Å². The van der Waals surface area contributed by atoms with Crippen LogP contribution in [0, 0.1) is 6.92 Å². The third-order valence-corrected chi connectivity index (χ3v) is 5.60. The number of H-pyrrole nitrogens is 1. The van der Waals surface area contributed by atoms with Crippen molar-refractivity contribution in [3.8, 4) is 0 Å². The van der Waals surface area contributed by atoms with E-state index in [1.807, 2.05) is 42.7 Å². The molecule has 172 valence electrons. The maximum absolute atomic E-state index is 5.54. The normalized spacial score (nSPS) is 13.5. The average Bonchev–Trinajstić information content (AvgIpc) is 3.26. The van der Waals surface area contributed by atoms with Gasteiger partial charge in [-0.1, -0.05) is 24.3 Å². The van der Waals surface area contributed by atoms with Crippen LogP contribution in [0.4, 0.5) is 11.6 Å². The Morgan fingerprint density at radius 1 is 1.06 bits per heavy atom. The summed E-state index contributed by atoms with van der Waals surface area (Å²) in [5.41, 5.74) is 6.26. The summed E-state index contributed by atoms with van der Waals surface area (Å²) in [4.78, 5) is 18.9. The first kappa shape index (κ1) is 22.7. The van der Waals surface area contributed by atoms with Gasteiger partial charge in [0.15, 0.2) is 0 Å². The first-order valence-electron chi connectivity index (χ1n) is 11.3. The number of benzene rings is 1. The number of hydrogen-bond donors (Lipinski definition) is 3. The fraction of sp³-hybridized carbons (Fsp3) is 0.320. The van der Waals surface area contributed by atoms with Gasteiger partial charge in [0, 0.05) is 54.6 Å². The number of ether oxygens (including phenoxy) is 1. The summed E-state index contributed by atoms with van der Waals surface area (Å²) in [6, 6.07) is 16.2. The van der Waals surface area contributed by atoms with Crippen LogP contribution in [0.3, 0.4) is 0 Å². The second-order valence-corrected chi connectivity index (χ2v) is 7.96. The van der Waals surface area contributed by atoms with E-state index < -0.39 is 0 Å². The van der Waals surface area contributed by atoms with E-state index in [0.717, 1.165) is 62.9 Å². The van der Waals surface area contributed by atoms with E-state index in [1.165, 1.54) is 16.5 Å². The third-order valence-electron chi connectivity index (χ3n) is 5.60. The largest absolute Gasteiger partial charge is 0.378 e. The Labute approximate surface area is 194 Å². The monoisotopic (exact) mass is 445 g/mol. The zero-order valence-electron chi connectivity index (χ0n) is 19.0. The van der Waals surface area contributed by atoms with Crippen LogP contribution in [0.5, 0.6) is 0 Å². The molecular weight excluding hydrogens is 414 g/mol. The van der Waals surface area contributed by atoms with Crippen LogP contribution in [0.15, 0.2) is 60.9 Å². The summed E-state index contributed by atoms with van der Waals surface area (Å²) in [7, 11) is 0. The van der Waals surface area contributed by atoms with Gasteiger partial charge in [0.2, 0.25) is 0 Å². The van der Waals surface area contributed by atoms with Gasteiger partial charge >= 0.3 is 0 Å². The maximum Gasteiger partial charge on any atom is 0.145 e. The number of fused-ring (bicyclic) bond motifs is 1. The number of aromatic amines is 1. The number of aromatic nitrogens is 4. The highest BCUT2D eigenvalue weighted by Crippen LogP contribution is 2.18. The fourth-order valence-corrected chi connectivity index (χ4v) is 3.81. The van der Waals surface area contributed by atoms with E-state index in [1.54, 1.807) is 0 Å². The highest BCUT2D eigenvalue weighted by Gasteiger charge is 2.14. The molecule has 0 atom stereocenters. The molecule has 1 aliphatic heterocycles. The van der Waals surface area contributed by atoms with Crippen molar-refractivity contribution in [2.24, 2.45) is 5.84 Å². The summed E-state index contributed by atoms with van der Waals surface area (Å²) in [6.07, 6.45) is 6.51. The van der Waals surface area contributed by atoms with Gasteiger partial charge in [-0.2, -0.15) is 0 Å². The predicted molar refractivity (Wildman–Crippen MR) is 132 cm³/mol. The van der Waals surface area contributed by atoms with Crippen LogP contribution >= 0.6 is 0 Å². The number of pyridine rings is 1. The van der Waals surface area contributed by atoms with Crippen molar-refractivity contribution in [3.05, 3.63) is 78.0 Å². The summed E-state index contributed by atoms with van der Waals surface area (Å²) in [6.45, 7) is 5.25. The molecular formula is C25H31N7O. The van der Waals surface area contributed by atoms with Crippen LogP contribution in [0.25, 0.3) is 10.9 Å². The lowest BCUT2D eigenvalue weighted by molar-refractivity contribution is 0.122. The highest BCUT2D eigenvalue weighted by atomic mass is 16.5. The van der Waals surface area contributed by atoms with Crippen molar-refractivity contribution in [1.29, 1.82) is 0 Å².